The molecule has 0 aliphatic carbocycles. The van der Waals surface area contributed by atoms with Gasteiger partial charge in [-0.1, -0.05) is 24.9 Å². The number of benzene rings is 2. The number of nitro groups is 1. The lowest BCUT2D eigenvalue weighted by atomic mass is 10.0. The van der Waals surface area contributed by atoms with E-state index in [4.69, 9.17) is 16.3 Å². The molecule has 26 heavy (non-hydrogen) atoms. The molecule has 0 aliphatic rings. The number of ketones is 1. The first kappa shape index (κ1) is 19.6. The molecule has 7 heteroatoms. The molecule has 2 rings (SSSR count). The van der Waals surface area contributed by atoms with Crippen LogP contribution in [0, 0.1) is 10.1 Å². The fourth-order valence-corrected chi connectivity index (χ4v) is 2.45. The third-order valence-corrected chi connectivity index (χ3v) is 3.98. The molecule has 136 valence electrons. The van der Waals surface area contributed by atoms with Crippen LogP contribution in [0.2, 0.25) is 5.02 Å². The number of nitro benzene ring substituents is 1. The lowest BCUT2D eigenvalue weighted by Gasteiger charge is -2.10. The molecule has 0 saturated heterocycles. The summed E-state index contributed by atoms with van der Waals surface area (Å²) in [5, 5.41) is 11.5. The van der Waals surface area contributed by atoms with E-state index in [9.17, 15) is 19.7 Å². The number of hydrogen-bond acceptors (Lipinski definition) is 5. The summed E-state index contributed by atoms with van der Waals surface area (Å²) >= 11 is 5.81. The number of carbonyl (C=O) groups is 2. The van der Waals surface area contributed by atoms with E-state index >= 15 is 0 Å². The van der Waals surface area contributed by atoms with Crippen molar-refractivity contribution in [3.05, 3.63) is 68.7 Å². The highest BCUT2D eigenvalue weighted by Gasteiger charge is 2.18. The minimum absolute atomic E-state index is 0.125. The minimum atomic E-state index is -0.557. The first-order valence-electron chi connectivity index (χ1n) is 8.17. The molecule has 0 aliphatic heterocycles. The third kappa shape index (κ3) is 5.39. The summed E-state index contributed by atoms with van der Waals surface area (Å²) in [6.07, 6.45) is 1.65. The Hall–Kier alpha value is -2.73. The van der Waals surface area contributed by atoms with Crippen LogP contribution in [-0.4, -0.2) is 16.7 Å². The van der Waals surface area contributed by atoms with Gasteiger partial charge in [0.05, 0.1) is 4.92 Å². The van der Waals surface area contributed by atoms with Crippen molar-refractivity contribution in [1.82, 2.24) is 0 Å². The fourth-order valence-electron chi connectivity index (χ4n) is 2.32. The summed E-state index contributed by atoms with van der Waals surface area (Å²) in [6, 6.07) is 10.2. The number of nitrogens with zero attached hydrogens (tertiary/aromatic N) is 1. The molecule has 0 atom stereocenters. The molecule has 0 radical (unpaired) electrons. The molecule has 0 N–H and O–H groups in total. The van der Waals surface area contributed by atoms with Gasteiger partial charge in [0.2, 0.25) is 0 Å². The zero-order valence-electron chi connectivity index (χ0n) is 14.2. The minimum Gasteiger partial charge on any atom is -0.426 e. The predicted molar refractivity (Wildman–Crippen MR) is 97.7 cm³/mol. The number of halogens is 1. The normalized spacial score (nSPS) is 10.4. The van der Waals surface area contributed by atoms with Crippen molar-refractivity contribution >= 4 is 29.0 Å². The van der Waals surface area contributed by atoms with Crippen LogP contribution in [0.5, 0.6) is 5.75 Å². The van der Waals surface area contributed by atoms with Crippen LogP contribution < -0.4 is 4.74 Å². The van der Waals surface area contributed by atoms with E-state index < -0.39 is 10.9 Å². The van der Waals surface area contributed by atoms with Crippen LogP contribution in [0.25, 0.3) is 0 Å². The van der Waals surface area contributed by atoms with Crippen molar-refractivity contribution in [3.63, 3.8) is 0 Å². The van der Waals surface area contributed by atoms with Gasteiger partial charge >= 0.3 is 5.97 Å². The highest BCUT2D eigenvalue weighted by atomic mass is 35.5. The molecule has 2 aromatic rings. The van der Waals surface area contributed by atoms with Crippen molar-refractivity contribution in [2.24, 2.45) is 0 Å². The molecule has 2 aromatic carbocycles. The average molecular weight is 376 g/mol. The summed E-state index contributed by atoms with van der Waals surface area (Å²) in [5.41, 5.74) is 0.547. The van der Waals surface area contributed by atoms with Crippen molar-refractivity contribution in [1.29, 1.82) is 0 Å². The Kier molecular flexibility index (Phi) is 6.86. The van der Waals surface area contributed by atoms with Crippen LogP contribution in [0.3, 0.4) is 0 Å². The maximum Gasteiger partial charge on any atom is 0.311 e. The van der Waals surface area contributed by atoms with Gasteiger partial charge in [0, 0.05) is 41.1 Å². The topological polar surface area (TPSA) is 86.5 Å². The first-order valence-corrected chi connectivity index (χ1v) is 8.55. The van der Waals surface area contributed by atoms with Gasteiger partial charge in [0.25, 0.3) is 5.69 Å². The Morgan fingerprint density at radius 1 is 1.15 bits per heavy atom. The van der Waals surface area contributed by atoms with Gasteiger partial charge in [0.1, 0.15) is 5.75 Å². The molecule has 0 amide bonds. The van der Waals surface area contributed by atoms with Crippen molar-refractivity contribution < 1.29 is 19.2 Å². The van der Waals surface area contributed by atoms with E-state index in [1.807, 2.05) is 6.92 Å². The van der Waals surface area contributed by atoms with Gasteiger partial charge in [0.15, 0.2) is 5.78 Å². The van der Waals surface area contributed by atoms with Crippen LogP contribution in [-0.2, 0) is 11.2 Å². The second-order valence-corrected chi connectivity index (χ2v) is 6.17. The number of esters is 1. The van der Waals surface area contributed by atoms with E-state index in [0.29, 0.717) is 22.6 Å². The third-order valence-electron chi connectivity index (χ3n) is 3.73. The summed E-state index contributed by atoms with van der Waals surface area (Å²) in [7, 11) is 0. The fraction of sp³-hybridized carbons (Fsp3) is 0.263. The van der Waals surface area contributed by atoms with Crippen LogP contribution in [0.15, 0.2) is 42.5 Å². The molecule has 0 saturated carbocycles. The highest BCUT2D eigenvalue weighted by molar-refractivity contribution is 6.30. The zero-order chi connectivity index (χ0) is 19.1. The van der Waals surface area contributed by atoms with Gasteiger partial charge in [-0.2, -0.15) is 0 Å². The van der Waals surface area contributed by atoms with Crippen molar-refractivity contribution in [3.8, 4) is 5.75 Å². The standard InChI is InChI=1S/C19H18ClNO5/c1-2-3-4-19(23)26-18-10-9-16(21(24)25)11-14(18)12-17(22)13-5-7-15(20)8-6-13/h5-11H,2-4,12H2,1H3. The van der Waals surface area contributed by atoms with Crippen LogP contribution in [0.4, 0.5) is 5.69 Å². The maximum atomic E-state index is 12.5. The number of ether oxygens (including phenoxy) is 1. The molecule has 0 fully saturated rings. The van der Waals surface area contributed by atoms with Crippen LogP contribution in [0.1, 0.15) is 42.1 Å². The molecule has 0 bridgehead atoms. The Bertz CT molecular complexity index is 817. The van der Waals surface area contributed by atoms with E-state index in [2.05, 4.69) is 0 Å². The predicted octanol–water partition coefficient (Wildman–Crippen LogP) is 4.77. The second-order valence-electron chi connectivity index (χ2n) is 5.73. The summed E-state index contributed by atoms with van der Waals surface area (Å²) < 4.78 is 5.30. The molecular formula is C19H18ClNO5. The molecule has 0 spiro atoms. The quantitative estimate of drug-likeness (QED) is 0.218. The largest absolute Gasteiger partial charge is 0.426 e. The highest BCUT2D eigenvalue weighted by Crippen LogP contribution is 2.26. The molecular weight excluding hydrogens is 358 g/mol. The Balaban J connectivity index is 2.26. The number of Topliss-reactive ketones (excluding diaryl/α,β-unsaturated/α-hetero) is 1. The lowest BCUT2D eigenvalue weighted by molar-refractivity contribution is -0.384. The van der Waals surface area contributed by atoms with Crippen LogP contribution >= 0.6 is 11.6 Å². The SMILES string of the molecule is CCCCC(=O)Oc1ccc([N+](=O)[O-])cc1CC(=O)c1ccc(Cl)cc1. The van der Waals surface area contributed by atoms with E-state index in [-0.39, 0.29) is 30.1 Å². The molecule has 0 heterocycles. The van der Waals surface area contributed by atoms with E-state index in [1.54, 1.807) is 24.3 Å². The van der Waals surface area contributed by atoms with Gasteiger partial charge in [-0.05, 0) is 36.8 Å². The number of non-ortho nitro benzene ring substituents is 1. The monoisotopic (exact) mass is 375 g/mol. The second kappa shape index (κ2) is 9.10. The van der Waals surface area contributed by atoms with Gasteiger partial charge in [-0.15, -0.1) is 0 Å². The van der Waals surface area contributed by atoms with Gasteiger partial charge in [-0.25, -0.2) is 0 Å². The van der Waals surface area contributed by atoms with Gasteiger partial charge in [-0.3, -0.25) is 19.7 Å². The summed E-state index contributed by atoms with van der Waals surface area (Å²) in [6.45, 7) is 1.95. The smallest absolute Gasteiger partial charge is 0.311 e. The number of carbonyl (C=O) groups excluding carboxylic acids is 2. The van der Waals surface area contributed by atoms with Gasteiger partial charge < -0.3 is 4.74 Å². The summed E-state index contributed by atoms with van der Waals surface area (Å²) in [4.78, 5) is 34.8. The lowest BCUT2D eigenvalue weighted by Crippen LogP contribution is -2.11. The van der Waals surface area contributed by atoms with Crippen molar-refractivity contribution in [2.45, 2.75) is 32.6 Å². The molecule has 6 nitrogen and oxygen atoms in total. The number of rotatable bonds is 8. The first-order chi connectivity index (χ1) is 12.4. The van der Waals surface area contributed by atoms with E-state index in [1.165, 1.54) is 18.2 Å². The maximum absolute atomic E-state index is 12.5. The average Bonchev–Trinajstić information content (AvgIpc) is 2.61. The zero-order valence-corrected chi connectivity index (χ0v) is 15.0. The Morgan fingerprint density at radius 3 is 2.46 bits per heavy atom. The Labute approximate surface area is 155 Å². The molecule has 0 aromatic heterocycles. The number of unbranched alkanes of at least 4 members (excludes halogenated alkanes) is 1. The van der Waals surface area contributed by atoms with Crippen molar-refractivity contribution in [2.75, 3.05) is 0 Å². The summed E-state index contributed by atoms with van der Waals surface area (Å²) in [5.74, 6) is -0.520. The Morgan fingerprint density at radius 2 is 1.85 bits per heavy atom. The molecule has 0 unspecified atom stereocenters. The number of hydrogen-bond donors (Lipinski definition) is 0. The van der Waals surface area contributed by atoms with E-state index in [0.717, 1.165) is 6.42 Å².